The molecular formula is C19H20N2O5. The van der Waals surface area contributed by atoms with Crippen molar-refractivity contribution in [1.82, 2.24) is 4.90 Å². The molecule has 0 radical (unpaired) electrons. The van der Waals surface area contributed by atoms with Gasteiger partial charge in [0.2, 0.25) is 0 Å². The smallest absolute Gasteiger partial charge is 0.341 e. The van der Waals surface area contributed by atoms with Crippen LogP contribution in [0, 0.1) is 13.8 Å². The summed E-state index contributed by atoms with van der Waals surface area (Å²) in [6.45, 7) is 5.23. The summed E-state index contributed by atoms with van der Waals surface area (Å²) in [6, 6.07) is 7.88. The zero-order chi connectivity index (χ0) is 19.0. The number of hydrogen-bond acceptors (Lipinski definition) is 5. The third kappa shape index (κ3) is 2.96. The molecule has 1 aromatic carbocycles. The number of urea groups is 1. The van der Waals surface area contributed by atoms with Crippen LogP contribution >= 0.6 is 0 Å². The zero-order valence-corrected chi connectivity index (χ0v) is 15.1. The fourth-order valence-electron chi connectivity index (χ4n) is 3.00. The predicted molar refractivity (Wildman–Crippen MR) is 93.9 cm³/mol. The van der Waals surface area contributed by atoms with E-state index in [1.807, 2.05) is 31.2 Å². The summed E-state index contributed by atoms with van der Waals surface area (Å²) in [7, 11) is 1.28. The number of carbonyl (C=O) groups is 3. The molecule has 136 valence electrons. The van der Waals surface area contributed by atoms with Crippen molar-refractivity contribution in [1.29, 1.82) is 0 Å². The fourth-order valence-corrected chi connectivity index (χ4v) is 3.00. The van der Waals surface area contributed by atoms with Gasteiger partial charge in [-0.2, -0.15) is 0 Å². The van der Waals surface area contributed by atoms with Gasteiger partial charge in [0.1, 0.15) is 23.1 Å². The standard InChI is InChI=1S/C19H20N2O5/c1-11-5-7-14(8-6-11)21-12(2)17(22)20(19(21)24)10-15-9-16(13(3)26-15)18(23)25-4/h5-9,12H,10H2,1-4H3/t12-/m0/s1. The molecule has 0 bridgehead atoms. The molecule has 1 aliphatic rings. The van der Waals surface area contributed by atoms with Crippen LogP contribution in [0.3, 0.4) is 0 Å². The summed E-state index contributed by atoms with van der Waals surface area (Å²) < 4.78 is 10.2. The molecule has 1 aromatic heterocycles. The number of furan rings is 1. The summed E-state index contributed by atoms with van der Waals surface area (Å²) in [5.41, 5.74) is 2.01. The number of benzene rings is 1. The molecule has 0 N–H and O–H groups in total. The van der Waals surface area contributed by atoms with Crippen molar-refractivity contribution in [3.63, 3.8) is 0 Å². The number of esters is 1. The maximum atomic E-state index is 12.8. The highest BCUT2D eigenvalue weighted by atomic mass is 16.5. The number of imide groups is 1. The Balaban J connectivity index is 1.85. The minimum atomic E-state index is -0.610. The number of hydrogen-bond donors (Lipinski definition) is 0. The SMILES string of the molecule is COC(=O)c1cc(CN2C(=O)[C@H](C)N(c3ccc(C)cc3)C2=O)oc1C. The van der Waals surface area contributed by atoms with Crippen LogP contribution < -0.4 is 4.90 Å². The third-order valence-electron chi connectivity index (χ3n) is 4.45. The van der Waals surface area contributed by atoms with Gasteiger partial charge in [-0.05, 0) is 39.0 Å². The Bertz CT molecular complexity index is 869. The molecule has 7 heteroatoms. The lowest BCUT2D eigenvalue weighted by Gasteiger charge is -2.19. The molecule has 3 amide bonds. The quantitative estimate of drug-likeness (QED) is 0.621. The molecule has 0 spiro atoms. The Morgan fingerprint density at radius 3 is 2.46 bits per heavy atom. The third-order valence-corrected chi connectivity index (χ3v) is 4.45. The number of rotatable bonds is 4. The topological polar surface area (TPSA) is 80.1 Å². The lowest BCUT2D eigenvalue weighted by molar-refractivity contribution is -0.127. The van der Waals surface area contributed by atoms with E-state index < -0.39 is 18.0 Å². The average molecular weight is 356 g/mol. The molecule has 2 heterocycles. The van der Waals surface area contributed by atoms with Gasteiger partial charge in [-0.1, -0.05) is 17.7 Å². The summed E-state index contributed by atoms with van der Waals surface area (Å²) >= 11 is 0. The van der Waals surface area contributed by atoms with Crippen LogP contribution in [-0.4, -0.2) is 36.0 Å². The van der Waals surface area contributed by atoms with E-state index in [2.05, 4.69) is 4.74 Å². The first-order valence-corrected chi connectivity index (χ1v) is 8.22. The number of ether oxygens (including phenoxy) is 1. The van der Waals surface area contributed by atoms with E-state index in [1.165, 1.54) is 18.1 Å². The molecule has 1 atom stereocenters. The van der Waals surface area contributed by atoms with Gasteiger partial charge in [-0.25, -0.2) is 9.59 Å². The summed E-state index contributed by atoms with van der Waals surface area (Å²) in [6.07, 6.45) is 0. The van der Waals surface area contributed by atoms with E-state index in [9.17, 15) is 14.4 Å². The van der Waals surface area contributed by atoms with Crippen molar-refractivity contribution in [3.05, 3.63) is 53.0 Å². The number of anilines is 1. The van der Waals surface area contributed by atoms with Gasteiger partial charge in [-0.15, -0.1) is 0 Å². The second-order valence-electron chi connectivity index (χ2n) is 6.26. The molecule has 1 fully saturated rings. The Kier molecular flexibility index (Phi) is 4.54. The van der Waals surface area contributed by atoms with Gasteiger partial charge < -0.3 is 9.15 Å². The minimum absolute atomic E-state index is 0.0395. The maximum absolute atomic E-state index is 12.8. The molecule has 0 unspecified atom stereocenters. The molecule has 3 rings (SSSR count). The average Bonchev–Trinajstić information content (AvgIpc) is 3.08. The van der Waals surface area contributed by atoms with Crippen LogP contribution in [-0.2, 0) is 16.1 Å². The molecule has 2 aromatic rings. The van der Waals surface area contributed by atoms with Crippen molar-refractivity contribution < 1.29 is 23.5 Å². The van der Waals surface area contributed by atoms with E-state index in [-0.39, 0.29) is 18.0 Å². The highest BCUT2D eigenvalue weighted by Gasteiger charge is 2.43. The van der Waals surface area contributed by atoms with Crippen LogP contribution in [0.2, 0.25) is 0 Å². The van der Waals surface area contributed by atoms with Gasteiger partial charge in [0.15, 0.2) is 0 Å². The van der Waals surface area contributed by atoms with Gasteiger partial charge >= 0.3 is 12.0 Å². The van der Waals surface area contributed by atoms with Crippen LogP contribution in [0.1, 0.15) is 34.4 Å². The van der Waals surface area contributed by atoms with E-state index in [0.717, 1.165) is 10.5 Å². The van der Waals surface area contributed by atoms with E-state index in [0.29, 0.717) is 17.2 Å². The van der Waals surface area contributed by atoms with E-state index >= 15 is 0 Å². The monoisotopic (exact) mass is 356 g/mol. The van der Waals surface area contributed by atoms with Crippen molar-refractivity contribution in [2.45, 2.75) is 33.4 Å². The van der Waals surface area contributed by atoms with Crippen molar-refractivity contribution in [3.8, 4) is 0 Å². The minimum Gasteiger partial charge on any atom is -0.465 e. The van der Waals surface area contributed by atoms with Crippen molar-refractivity contribution in [2.24, 2.45) is 0 Å². The maximum Gasteiger partial charge on any atom is 0.341 e. The molecule has 1 aliphatic heterocycles. The first-order valence-electron chi connectivity index (χ1n) is 8.22. The molecule has 26 heavy (non-hydrogen) atoms. The highest BCUT2D eigenvalue weighted by Crippen LogP contribution is 2.28. The zero-order valence-electron chi connectivity index (χ0n) is 15.1. The van der Waals surface area contributed by atoms with Crippen molar-refractivity contribution >= 4 is 23.6 Å². The van der Waals surface area contributed by atoms with Crippen LogP contribution in [0.5, 0.6) is 0 Å². The Morgan fingerprint density at radius 2 is 1.85 bits per heavy atom. The number of carbonyl (C=O) groups excluding carboxylic acids is 3. The van der Waals surface area contributed by atoms with Crippen molar-refractivity contribution in [2.75, 3.05) is 12.0 Å². The van der Waals surface area contributed by atoms with Gasteiger partial charge in [-0.3, -0.25) is 14.6 Å². The summed E-state index contributed by atoms with van der Waals surface area (Å²) in [5, 5.41) is 0. The van der Waals surface area contributed by atoms with Gasteiger partial charge in [0.25, 0.3) is 5.91 Å². The largest absolute Gasteiger partial charge is 0.465 e. The number of amides is 3. The van der Waals surface area contributed by atoms with E-state index in [1.54, 1.807) is 13.8 Å². The number of nitrogens with zero attached hydrogens (tertiary/aromatic N) is 2. The molecule has 1 saturated heterocycles. The summed E-state index contributed by atoms with van der Waals surface area (Å²) in [5.74, 6) is -0.104. The highest BCUT2D eigenvalue weighted by molar-refractivity contribution is 6.13. The lowest BCUT2D eigenvalue weighted by Crippen LogP contribution is -2.33. The second-order valence-corrected chi connectivity index (χ2v) is 6.26. The first-order chi connectivity index (χ1) is 12.3. The normalized spacial score (nSPS) is 17.2. The van der Waals surface area contributed by atoms with Gasteiger partial charge in [0.05, 0.1) is 13.7 Å². The molecule has 0 saturated carbocycles. The number of aryl methyl sites for hydroxylation is 2. The molecule has 0 aliphatic carbocycles. The second kappa shape index (κ2) is 6.67. The van der Waals surface area contributed by atoms with E-state index in [4.69, 9.17) is 4.42 Å². The fraction of sp³-hybridized carbons (Fsp3) is 0.316. The molecular weight excluding hydrogens is 336 g/mol. The van der Waals surface area contributed by atoms with Crippen LogP contribution in [0.15, 0.2) is 34.7 Å². The van der Waals surface area contributed by atoms with Crippen LogP contribution in [0.25, 0.3) is 0 Å². The van der Waals surface area contributed by atoms with Gasteiger partial charge in [0, 0.05) is 5.69 Å². The predicted octanol–water partition coefficient (Wildman–Crippen LogP) is 3.04. The Morgan fingerprint density at radius 1 is 1.19 bits per heavy atom. The summed E-state index contributed by atoms with van der Waals surface area (Å²) in [4.78, 5) is 39.7. The van der Waals surface area contributed by atoms with Crippen LogP contribution in [0.4, 0.5) is 10.5 Å². The number of methoxy groups -OCH3 is 1. The lowest BCUT2D eigenvalue weighted by atomic mass is 10.2. The Labute approximate surface area is 151 Å². The first kappa shape index (κ1) is 17.7. The Hall–Kier alpha value is -3.09. The molecule has 7 nitrogen and oxygen atoms in total.